The van der Waals surface area contributed by atoms with Crippen molar-refractivity contribution < 1.29 is 5.11 Å². The summed E-state index contributed by atoms with van der Waals surface area (Å²) in [6.07, 6.45) is 0. The van der Waals surface area contributed by atoms with Crippen LogP contribution in [-0.2, 0) is 6.61 Å². The van der Waals surface area contributed by atoms with Crippen LogP contribution in [0.15, 0.2) is 36.4 Å². The van der Waals surface area contributed by atoms with E-state index in [1.54, 1.807) is 36.4 Å². The van der Waals surface area contributed by atoms with Gasteiger partial charge >= 0.3 is 0 Å². The molecule has 3 rings (SSSR count). The molecule has 0 aliphatic rings. The van der Waals surface area contributed by atoms with Gasteiger partial charge in [0.05, 0.1) is 48.1 Å². The average molecular weight is 468 g/mol. The van der Waals surface area contributed by atoms with E-state index in [-0.39, 0.29) is 16.7 Å². The maximum Gasteiger partial charge on any atom is 0.0778 e. The molecular formula is C18H9Cl6NO. The second-order valence-corrected chi connectivity index (χ2v) is 7.80. The summed E-state index contributed by atoms with van der Waals surface area (Å²) in [5, 5.41) is 11.4. The van der Waals surface area contributed by atoms with Crippen molar-refractivity contribution in [2.24, 2.45) is 0 Å². The van der Waals surface area contributed by atoms with Gasteiger partial charge in [-0.05, 0) is 42.0 Å². The van der Waals surface area contributed by atoms with Crippen LogP contribution in [0.5, 0.6) is 0 Å². The van der Waals surface area contributed by atoms with Crippen LogP contribution < -0.4 is 0 Å². The Hall–Kier alpha value is -0.710. The number of hydrogen-bond donors (Lipinski definition) is 1. The van der Waals surface area contributed by atoms with E-state index in [4.69, 9.17) is 69.6 Å². The summed E-state index contributed by atoms with van der Waals surface area (Å²) in [6.45, 7) is -0.174. The topological polar surface area (TPSA) is 33.1 Å². The summed E-state index contributed by atoms with van der Waals surface area (Å²) in [7, 11) is 0. The van der Waals surface area contributed by atoms with Gasteiger partial charge in [-0.25, -0.2) is 4.98 Å². The third-order valence-corrected chi connectivity index (χ3v) is 6.02. The first-order valence-electron chi connectivity index (χ1n) is 7.21. The third-order valence-electron chi connectivity index (χ3n) is 3.63. The van der Waals surface area contributed by atoms with Gasteiger partial charge in [0, 0.05) is 11.1 Å². The highest BCUT2D eigenvalue weighted by molar-refractivity contribution is 6.49. The zero-order valence-electron chi connectivity index (χ0n) is 12.8. The molecule has 0 fully saturated rings. The first kappa shape index (κ1) is 20.0. The molecule has 0 unspecified atom stereocenters. The smallest absolute Gasteiger partial charge is 0.0778 e. The van der Waals surface area contributed by atoms with Crippen molar-refractivity contribution in [3.05, 3.63) is 72.1 Å². The molecule has 2 nitrogen and oxygen atoms in total. The van der Waals surface area contributed by atoms with Gasteiger partial charge in [0.15, 0.2) is 0 Å². The number of pyridine rings is 1. The highest BCUT2D eigenvalue weighted by Gasteiger charge is 2.13. The zero-order valence-corrected chi connectivity index (χ0v) is 17.4. The molecule has 0 spiro atoms. The van der Waals surface area contributed by atoms with Crippen molar-refractivity contribution in [1.82, 2.24) is 4.98 Å². The number of nitrogens with zero attached hydrogens (tertiary/aromatic N) is 1. The lowest BCUT2D eigenvalue weighted by Crippen LogP contribution is -1.94. The van der Waals surface area contributed by atoms with Crippen LogP contribution in [-0.4, -0.2) is 10.1 Å². The normalized spacial score (nSPS) is 11.0. The summed E-state index contributed by atoms with van der Waals surface area (Å²) in [4.78, 5) is 4.61. The Balaban J connectivity index is 2.20. The monoisotopic (exact) mass is 465 g/mol. The van der Waals surface area contributed by atoms with Crippen molar-refractivity contribution in [2.45, 2.75) is 6.61 Å². The Kier molecular flexibility index (Phi) is 6.25. The summed E-state index contributed by atoms with van der Waals surface area (Å²) in [5.41, 5.74) is 3.09. The third kappa shape index (κ3) is 4.07. The molecule has 1 N–H and O–H groups in total. The molecule has 1 heterocycles. The summed E-state index contributed by atoms with van der Waals surface area (Å²) in [6, 6.07) is 10.1. The molecule has 26 heavy (non-hydrogen) atoms. The van der Waals surface area contributed by atoms with Gasteiger partial charge in [0.25, 0.3) is 0 Å². The molecule has 0 bridgehead atoms. The molecular weight excluding hydrogens is 459 g/mol. The fourth-order valence-corrected chi connectivity index (χ4v) is 3.57. The van der Waals surface area contributed by atoms with Gasteiger partial charge in [-0.2, -0.15) is 0 Å². The molecule has 0 aliphatic heterocycles. The quantitative estimate of drug-likeness (QED) is 0.398. The lowest BCUT2D eigenvalue weighted by molar-refractivity contribution is 0.282. The van der Waals surface area contributed by atoms with Gasteiger partial charge in [0.2, 0.25) is 0 Å². The van der Waals surface area contributed by atoms with Crippen LogP contribution in [0.2, 0.25) is 30.1 Å². The Morgan fingerprint density at radius 1 is 0.615 bits per heavy atom. The molecule has 2 aromatic carbocycles. The standard InChI is InChI=1S/C18H9Cl6NO/c19-11-3-9(4-12(20)17(11)23)15-1-8(7-26)2-16(25-15)10-5-13(21)18(24)14(22)6-10/h1-6,26H,7H2. The van der Waals surface area contributed by atoms with Crippen LogP contribution >= 0.6 is 69.6 Å². The van der Waals surface area contributed by atoms with Crippen molar-refractivity contribution in [3.63, 3.8) is 0 Å². The summed E-state index contributed by atoms with van der Waals surface area (Å²) in [5.74, 6) is 0. The van der Waals surface area contributed by atoms with E-state index in [9.17, 15) is 5.11 Å². The van der Waals surface area contributed by atoms with Crippen molar-refractivity contribution in [2.75, 3.05) is 0 Å². The number of aliphatic hydroxyl groups excluding tert-OH is 1. The van der Waals surface area contributed by atoms with Crippen LogP contribution in [0.3, 0.4) is 0 Å². The Labute approximate surface area is 180 Å². The lowest BCUT2D eigenvalue weighted by Gasteiger charge is -2.11. The number of benzene rings is 2. The largest absolute Gasteiger partial charge is 0.392 e. The molecule has 0 saturated carbocycles. The predicted molar refractivity (Wildman–Crippen MR) is 111 cm³/mol. The fourth-order valence-electron chi connectivity index (χ4n) is 2.38. The van der Waals surface area contributed by atoms with Crippen molar-refractivity contribution >= 4 is 69.6 Å². The first-order valence-corrected chi connectivity index (χ1v) is 9.48. The van der Waals surface area contributed by atoms with E-state index in [0.29, 0.717) is 48.2 Å². The number of aromatic nitrogens is 1. The van der Waals surface area contributed by atoms with E-state index >= 15 is 0 Å². The predicted octanol–water partition coefficient (Wildman–Crippen LogP) is 7.83. The highest BCUT2D eigenvalue weighted by Crippen LogP contribution is 2.37. The van der Waals surface area contributed by atoms with Gasteiger partial charge in [0.1, 0.15) is 0 Å². The molecule has 0 saturated heterocycles. The van der Waals surface area contributed by atoms with Crippen LogP contribution in [0.1, 0.15) is 5.56 Å². The SMILES string of the molecule is OCc1cc(-c2cc(Cl)c(Cl)c(Cl)c2)nc(-c2cc(Cl)c(Cl)c(Cl)c2)c1. The molecule has 0 atom stereocenters. The van der Waals surface area contributed by atoms with Crippen LogP contribution in [0.25, 0.3) is 22.5 Å². The Morgan fingerprint density at radius 2 is 0.962 bits per heavy atom. The van der Waals surface area contributed by atoms with E-state index in [1.807, 2.05) is 0 Å². The second-order valence-electron chi connectivity index (χ2n) is 5.41. The van der Waals surface area contributed by atoms with Gasteiger partial charge < -0.3 is 5.11 Å². The Morgan fingerprint density at radius 3 is 1.27 bits per heavy atom. The van der Waals surface area contributed by atoms with E-state index < -0.39 is 0 Å². The minimum absolute atomic E-state index is 0.174. The maximum absolute atomic E-state index is 9.61. The molecule has 0 radical (unpaired) electrons. The van der Waals surface area contributed by atoms with E-state index in [2.05, 4.69) is 4.98 Å². The van der Waals surface area contributed by atoms with Gasteiger partial charge in [-0.1, -0.05) is 69.6 Å². The van der Waals surface area contributed by atoms with E-state index in [1.165, 1.54) is 0 Å². The minimum atomic E-state index is -0.174. The average Bonchev–Trinajstić information content (AvgIpc) is 2.62. The minimum Gasteiger partial charge on any atom is -0.392 e. The molecule has 3 aromatic rings. The Bertz CT molecular complexity index is 883. The van der Waals surface area contributed by atoms with Crippen molar-refractivity contribution in [1.29, 1.82) is 0 Å². The fraction of sp³-hybridized carbons (Fsp3) is 0.0556. The molecule has 0 aliphatic carbocycles. The van der Waals surface area contributed by atoms with Gasteiger partial charge in [-0.3, -0.25) is 0 Å². The maximum atomic E-state index is 9.61. The van der Waals surface area contributed by atoms with Crippen LogP contribution in [0, 0.1) is 0 Å². The van der Waals surface area contributed by atoms with Gasteiger partial charge in [-0.15, -0.1) is 0 Å². The second kappa shape index (κ2) is 8.12. The highest BCUT2D eigenvalue weighted by atomic mass is 35.5. The van der Waals surface area contributed by atoms with E-state index in [0.717, 1.165) is 0 Å². The van der Waals surface area contributed by atoms with Crippen molar-refractivity contribution in [3.8, 4) is 22.5 Å². The first-order chi connectivity index (χ1) is 12.3. The number of rotatable bonds is 3. The van der Waals surface area contributed by atoms with Crippen LogP contribution in [0.4, 0.5) is 0 Å². The number of hydrogen-bond acceptors (Lipinski definition) is 2. The summed E-state index contributed by atoms with van der Waals surface area (Å²) < 4.78 is 0. The molecule has 0 amide bonds. The lowest BCUT2D eigenvalue weighted by atomic mass is 10.0. The molecule has 1 aromatic heterocycles. The molecule has 8 heteroatoms. The summed E-state index contributed by atoms with van der Waals surface area (Å²) >= 11 is 36.5. The number of halogens is 6. The number of aliphatic hydroxyl groups is 1. The molecule has 134 valence electrons. The zero-order chi connectivity index (χ0) is 19.0.